The van der Waals surface area contributed by atoms with Crippen molar-refractivity contribution in [1.29, 1.82) is 0 Å². The van der Waals surface area contributed by atoms with Crippen LogP contribution in [0, 0.1) is 0 Å². The number of rotatable bonds is 10. The number of nitrogens with one attached hydrogen (secondary N) is 1. The average molecular weight is 356 g/mol. The molecule has 0 atom stereocenters. The number of nitrogens with zero attached hydrogens (tertiary/aromatic N) is 1. The van der Waals surface area contributed by atoms with Crippen molar-refractivity contribution in [2.75, 3.05) is 46.0 Å². The van der Waals surface area contributed by atoms with Gasteiger partial charge in [-0.25, -0.2) is 13.1 Å². The Morgan fingerprint density at radius 2 is 1.88 bits per heavy atom. The average Bonchev–Trinajstić information content (AvgIpc) is 2.60. The lowest BCUT2D eigenvalue weighted by molar-refractivity contribution is 0.0376. The lowest BCUT2D eigenvalue weighted by Gasteiger charge is -2.26. The van der Waals surface area contributed by atoms with Crippen LogP contribution in [-0.2, 0) is 14.8 Å². The van der Waals surface area contributed by atoms with E-state index in [0.29, 0.717) is 18.9 Å². The minimum atomic E-state index is -3.45. The molecule has 136 valence electrons. The Balaban J connectivity index is 1.74. The van der Waals surface area contributed by atoms with Crippen molar-refractivity contribution in [3.05, 3.63) is 24.3 Å². The van der Waals surface area contributed by atoms with Crippen molar-refractivity contribution >= 4 is 10.0 Å². The van der Waals surface area contributed by atoms with Gasteiger partial charge in [-0.05, 0) is 43.7 Å². The van der Waals surface area contributed by atoms with Crippen molar-refractivity contribution in [1.82, 2.24) is 9.62 Å². The van der Waals surface area contributed by atoms with Gasteiger partial charge in [-0.15, -0.1) is 0 Å². The second-order valence-electron chi connectivity index (χ2n) is 5.88. The van der Waals surface area contributed by atoms with E-state index in [0.717, 1.165) is 52.1 Å². The molecule has 1 aromatic carbocycles. The molecule has 0 aromatic heterocycles. The van der Waals surface area contributed by atoms with Gasteiger partial charge in [-0.2, -0.15) is 0 Å². The van der Waals surface area contributed by atoms with Gasteiger partial charge >= 0.3 is 0 Å². The Morgan fingerprint density at radius 3 is 2.54 bits per heavy atom. The van der Waals surface area contributed by atoms with Gasteiger partial charge in [0.2, 0.25) is 10.0 Å². The molecule has 1 aliphatic rings. The first-order chi connectivity index (χ1) is 11.6. The van der Waals surface area contributed by atoms with E-state index in [1.54, 1.807) is 24.3 Å². The number of benzene rings is 1. The third-order valence-electron chi connectivity index (χ3n) is 3.95. The summed E-state index contributed by atoms with van der Waals surface area (Å²) in [6, 6.07) is 6.59. The van der Waals surface area contributed by atoms with Gasteiger partial charge < -0.3 is 9.47 Å². The van der Waals surface area contributed by atoms with Crippen molar-refractivity contribution in [2.24, 2.45) is 0 Å². The molecular weight excluding hydrogens is 328 g/mol. The molecule has 6 nitrogen and oxygen atoms in total. The molecule has 0 unspecified atom stereocenters. The summed E-state index contributed by atoms with van der Waals surface area (Å²) in [5.41, 5.74) is 0. The van der Waals surface area contributed by atoms with Gasteiger partial charge in [0, 0.05) is 19.6 Å². The van der Waals surface area contributed by atoms with Crippen molar-refractivity contribution in [3.8, 4) is 5.75 Å². The zero-order chi connectivity index (χ0) is 17.3. The van der Waals surface area contributed by atoms with E-state index in [1.807, 2.05) is 0 Å². The molecule has 0 spiro atoms. The molecule has 2 rings (SSSR count). The van der Waals surface area contributed by atoms with E-state index in [1.165, 1.54) is 0 Å². The Hall–Kier alpha value is -1.15. The van der Waals surface area contributed by atoms with E-state index in [-0.39, 0.29) is 4.90 Å². The molecule has 1 aromatic rings. The van der Waals surface area contributed by atoms with Gasteiger partial charge in [0.1, 0.15) is 5.75 Å². The van der Waals surface area contributed by atoms with E-state index >= 15 is 0 Å². The number of unbranched alkanes of at least 4 members (excludes halogenated alkanes) is 1. The molecule has 0 bridgehead atoms. The van der Waals surface area contributed by atoms with Crippen LogP contribution in [0.1, 0.15) is 26.2 Å². The Morgan fingerprint density at radius 1 is 1.17 bits per heavy atom. The number of hydrogen-bond acceptors (Lipinski definition) is 5. The highest BCUT2D eigenvalue weighted by molar-refractivity contribution is 7.89. The number of sulfonamides is 1. The maximum atomic E-state index is 12.3. The van der Waals surface area contributed by atoms with Crippen LogP contribution >= 0.6 is 0 Å². The normalized spacial score (nSPS) is 16.2. The van der Waals surface area contributed by atoms with Crippen LogP contribution in [0.5, 0.6) is 5.75 Å². The van der Waals surface area contributed by atoms with Gasteiger partial charge in [0.25, 0.3) is 0 Å². The van der Waals surface area contributed by atoms with E-state index < -0.39 is 10.0 Å². The third kappa shape index (κ3) is 6.39. The quantitative estimate of drug-likeness (QED) is 0.648. The highest BCUT2D eigenvalue weighted by atomic mass is 32.2. The van der Waals surface area contributed by atoms with E-state index in [9.17, 15) is 8.42 Å². The Labute approximate surface area is 145 Å². The fourth-order valence-electron chi connectivity index (χ4n) is 2.47. The van der Waals surface area contributed by atoms with Crippen molar-refractivity contribution in [2.45, 2.75) is 31.1 Å². The lowest BCUT2D eigenvalue weighted by Crippen LogP contribution is -2.38. The summed E-state index contributed by atoms with van der Waals surface area (Å²) in [5.74, 6) is 0.703. The van der Waals surface area contributed by atoms with Crippen LogP contribution in [0.25, 0.3) is 0 Å². The van der Waals surface area contributed by atoms with Gasteiger partial charge in [0.05, 0.1) is 24.7 Å². The lowest BCUT2D eigenvalue weighted by atomic mass is 10.3. The first-order valence-corrected chi connectivity index (χ1v) is 10.1. The molecule has 7 heteroatoms. The molecule has 1 N–H and O–H groups in total. The van der Waals surface area contributed by atoms with Gasteiger partial charge in [0.15, 0.2) is 0 Å². The van der Waals surface area contributed by atoms with Gasteiger partial charge in [-0.3, -0.25) is 4.90 Å². The van der Waals surface area contributed by atoms with Crippen molar-refractivity contribution < 1.29 is 17.9 Å². The Kier molecular flexibility index (Phi) is 7.98. The first kappa shape index (κ1) is 19.2. The van der Waals surface area contributed by atoms with Crippen LogP contribution in [0.4, 0.5) is 0 Å². The van der Waals surface area contributed by atoms with Crippen LogP contribution in [0.2, 0.25) is 0 Å². The molecule has 1 fully saturated rings. The fourth-order valence-corrected chi connectivity index (χ4v) is 3.54. The smallest absolute Gasteiger partial charge is 0.240 e. The maximum absolute atomic E-state index is 12.3. The predicted octanol–water partition coefficient (Wildman–Crippen LogP) is 1.87. The molecule has 24 heavy (non-hydrogen) atoms. The van der Waals surface area contributed by atoms with Crippen LogP contribution in [0.15, 0.2) is 29.2 Å². The summed E-state index contributed by atoms with van der Waals surface area (Å²) in [7, 11) is -3.45. The monoisotopic (exact) mass is 356 g/mol. The minimum Gasteiger partial charge on any atom is -0.494 e. The second-order valence-corrected chi connectivity index (χ2v) is 7.65. The van der Waals surface area contributed by atoms with Crippen LogP contribution in [-0.4, -0.2) is 59.3 Å². The predicted molar refractivity (Wildman–Crippen MR) is 93.9 cm³/mol. The maximum Gasteiger partial charge on any atom is 0.240 e. The molecule has 0 aliphatic carbocycles. The number of morpholine rings is 1. The molecule has 0 saturated carbocycles. The summed E-state index contributed by atoms with van der Waals surface area (Å²) in [5, 5.41) is 0. The third-order valence-corrected chi connectivity index (χ3v) is 5.42. The SMILES string of the molecule is CCCCOc1ccc(S(=O)(=O)NCCCN2CCOCC2)cc1. The second kappa shape index (κ2) is 9.98. The standard InChI is InChI=1S/C17H28N2O4S/c1-2-3-13-23-16-5-7-17(8-6-16)24(20,21)18-9-4-10-19-11-14-22-15-12-19/h5-8,18H,2-4,9-15H2,1H3. The highest BCUT2D eigenvalue weighted by Crippen LogP contribution is 2.16. The van der Waals surface area contributed by atoms with Gasteiger partial charge in [-0.1, -0.05) is 13.3 Å². The zero-order valence-electron chi connectivity index (χ0n) is 14.4. The zero-order valence-corrected chi connectivity index (χ0v) is 15.2. The van der Waals surface area contributed by atoms with Crippen molar-refractivity contribution in [3.63, 3.8) is 0 Å². The Bertz CT molecular complexity index is 569. The summed E-state index contributed by atoms with van der Waals surface area (Å²) in [4.78, 5) is 2.57. The molecule has 1 aliphatic heterocycles. The molecule has 0 radical (unpaired) electrons. The summed E-state index contributed by atoms with van der Waals surface area (Å²) >= 11 is 0. The molecule has 1 heterocycles. The number of ether oxygens (including phenoxy) is 2. The van der Waals surface area contributed by atoms with E-state index in [4.69, 9.17) is 9.47 Å². The minimum absolute atomic E-state index is 0.275. The van der Waals surface area contributed by atoms with Crippen LogP contribution < -0.4 is 9.46 Å². The first-order valence-electron chi connectivity index (χ1n) is 8.64. The largest absolute Gasteiger partial charge is 0.494 e. The fraction of sp³-hybridized carbons (Fsp3) is 0.647. The van der Waals surface area contributed by atoms with E-state index in [2.05, 4.69) is 16.5 Å². The summed E-state index contributed by atoms with van der Waals surface area (Å²) < 4.78 is 38.0. The molecule has 1 saturated heterocycles. The topological polar surface area (TPSA) is 67.9 Å². The summed E-state index contributed by atoms with van der Waals surface area (Å²) in [6.45, 7) is 7.45. The van der Waals surface area contributed by atoms with Crippen LogP contribution in [0.3, 0.4) is 0 Å². The molecular formula is C17H28N2O4S. The number of hydrogen-bond donors (Lipinski definition) is 1. The summed E-state index contributed by atoms with van der Waals surface area (Å²) in [6.07, 6.45) is 2.85. The molecule has 0 amide bonds. The highest BCUT2D eigenvalue weighted by Gasteiger charge is 2.14.